The van der Waals surface area contributed by atoms with E-state index in [1.165, 1.54) is 30.8 Å². The van der Waals surface area contributed by atoms with Gasteiger partial charge in [0.05, 0.1) is 12.5 Å². The molecule has 7 nitrogen and oxygen atoms in total. The molecule has 166 valence electrons. The van der Waals surface area contributed by atoms with Gasteiger partial charge in [-0.2, -0.15) is 0 Å². The van der Waals surface area contributed by atoms with Crippen LogP contribution in [-0.2, 0) is 11.0 Å². The minimum Gasteiger partial charge on any atom is -0.496 e. The van der Waals surface area contributed by atoms with Crippen molar-refractivity contribution in [2.45, 2.75) is 19.1 Å². The number of methoxy groups -OCH3 is 1. The minimum absolute atomic E-state index is 0.116. The molecule has 2 aromatic heterocycles. The van der Waals surface area contributed by atoms with Crippen molar-refractivity contribution in [1.82, 2.24) is 9.97 Å². The Hall–Kier alpha value is -2.84. The van der Waals surface area contributed by atoms with E-state index in [1.54, 1.807) is 31.2 Å². The molecule has 0 saturated heterocycles. The quantitative estimate of drug-likeness (QED) is 0.326. The average molecular weight is 473 g/mol. The second-order valence-corrected chi connectivity index (χ2v) is 10.1. The van der Waals surface area contributed by atoms with Gasteiger partial charge in [0.2, 0.25) is 0 Å². The summed E-state index contributed by atoms with van der Waals surface area (Å²) in [6.07, 6.45) is 1.45. The highest BCUT2D eigenvalue weighted by molar-refractivity contribution is 7.52. The van der Waals surface area contributed by atoms with Crippen molar-refractivity contribution in [3.63, 3.8) is 0 Å². The summed E-state index contributed by atoms with van der Waals surface area (Å²) >= 11 is 1.32. The normalized spacial score (nSPS) is 12.7. The molecule has 4 aromatic rings. The van der Waals surface area contributed by atoms with Crippen molar-refractivity contribution in [3.8, 4) is 16.2 Å². The van der Waals surface area contributed by atoms with Crippen LogP contribution in [0.4, 0.5) is 10.2 Å². The summed E-state index contributed by atoms with van der Waals surface area (Å²) in [4.78, 5) is 29.7. The van der Waals surface area contributed by atoms with Crippen molar-refractivity contribution in [3.05, 3.63) is 71.8 Å². The molecule has 2 heterocycles. The van der Waals surface area contributed by atoms with E-state index >= 15 is 0 Å². The predicted molar refractivity (Wildman–Crippen MR) is 124 cm³/mol. The molecule has 0 radical (unpaired) electrons. The zero-order chi connectivity index (χ0) is 22.9. The lowest BCUT2D eigenvalue weighted by Crippen LogP contribution is -2.23. The molecule has 3 N–H and O–H groups in total. The number of hydrogen-bond donors (Lipinski definition) is 3. The Balaban J connectivity index is 1.74. The molecule has 1 atom stereocenters. The van der Waals surface area contributed by atoms with Gasteiger partial charge in [-0.15, -0.1) is 11.3 Å². The van der Waals surface area contributed by atoms with Gasteiger partial charge in [-0.05, 0) is 36.2 Å². The van der Waals surface area contributed by atoms with Crippen molar-refractivity contribution in [2.75, 3.05) is 12.4 Å². The third-order valence-electron chi connectivity index (χ3n) is 5.06. The number of nitrogens with zero attached hydrogens (tertiary/aromatic N) is 2. The topological polar surface area (TPSA) is 105 Å². The second-order valence-electron chi connectivity index (χ2n) is 7.29. The van der Waals surface area contributed by atoms with Crippen LogP contribution in [0.5, 0.6) is 5.75 Å². The molecule has 2 aromatic carbocycles. The van der Waals surface area contributed by atoms with E-state index in [1.807, 2.05) is 18.2 Å². The minimum atomic E-state index is -4.50. The van der Waals surface area contributed by atoms with Gasteiger partial charge < -0.3 is 19.8 Å². The molecular formula is C22H21FN3O4PS. The number of anilines is 1. The van der Waals surface area contributed by atoms with Gasteiger partial charge in [0, 0.05) is 16.9 Å². The zero-order valence-electron chi connectivity index (χ0n) is 17.3. The average Bonchev–Trinajstić information content (AvgIpc) is 3.20. The molecule has 0 spiro atoms. The van der Waals surface area contributed by atoms with Gasteiger partial charge in [0.1, 0.15) is 34.3 Å². The molecule has 0 bridgehead atoms. The number of thiophene rings is 1. The number of rotatable bonds is 7. The van der Waals surface area contributed by atoms with Gasteiger partial charge in [-0.1, -0.05) is 30.3 Å². The molecule has 1 unspecified atom stereocenters. The molecule has 10 heteroatoms. The number of benzene rings is 2. The van der Waals surface area contributed by atoms with Crippen molar-refractivity contribution < 1.29 is 23.5 Å². The predicted octanol–water partition coefficient (Wildman–Crippen LogP) is 4.97. The van der Waals surface area contributed by atoms with E-state index in [0.29, 0.717) is 37.8 Å². The zero-order valence-corrected chi connectivity index (χ0v) is 19.0. The summed E-state index contributed by atoms with van der Waals surface area (Å²) in [7, 11) is -2.98. The highest BCUT2D eigenvalue weighted by Gasteiger charge is 2.30. The third-order valence-corrected chi connectivity index (χ3v) is 7.26. The molecule has 0 fully saturated rings. The van der Waals surface area contributed by atoms with Gasteiger partial charge in [-0.25, -0.2) is 14.4 Å². The fraction of sp³-hybridized carbons (Fsp3) is 0.182. The molecule has 4 rings (SSSR count). The number of aromatic nitrogens is 2. The Labute approximate surface area is 188 Å². The van der Waals surface area contributed by atoms with Crippen LogP contribution in [0.3, 0.4) is 0 Å². The SMILES string of the molecule is COc1cc(C)c(F)cc1-c1cc2c(NC(Cc3ccccc3)P(=O)(O)O)ncnc2s1. The van der Waals surface area contributed by atoms with Crippen molar-refractivity contribution in [2.24, 2.45) is 0 Å². The monoisotopic (exact) mass is 473 g/mol. The summed E-state index contributed by atoms with van der Waals surface area (Å²) in [6.45, 7) is 1.66. The van der Waals surface area contributed by atoms with Crippen LogP contribution < -0.4 is 10.1 Å². The maximum atomic E-state index is 14.2. The third kappa shape index (κ3) is 4.66. The first kappa shape index (κ1) is 22.4. The lowest BCUT2D eigenvalue weighted by molar-refractivity contribution is 0.361. The standard InChI is InChI=1S/C22H21FN3O4PS/c1-13-8-18(30-2)15(10-17(13)23)19-11-16-21(24-12-25-22(16)32-19)26-20(31(27,28)29)9-14-6-4-3-5-7-14/h3-8,10-12,20H,9H2,1-2H3,(H,24,25,26)(H2,27,28,29). The van der Waals surface area contributed by atoms with Gasteiger partial charge in [0.15, 0.2) is 0 Å². The second kappa shape index (κ2) is 8.96. The lowest BCUT2D eigenvalue weighted by atomic mass is 10.1. The van der Waals surface area contributed by atoms with Gasteiger partial charge >= 0.3 is 7.60 Å². The largest absolute Gasteiger partial charge is 0.496 e. The van der Waals surface area contributed by atoms with Crippen LogP contribution in [-0.4, -0.2) is 32.6 Å². The highest BCUT2D eigenvalue weighted by atomic mass is 32.1. The molecule has 0 amide bonds. The number of nitrogens with one attached hydrogen (secondary N) is 1. The summed E-state index contributed by atoms with van der Waals surface area (Å²) in [5.74, 6) is -0.701. The fourth-order valence-corrected chi connectivity index (χ4v) is 5.13. The number of fused-ring (bicyclic) bond motifs is 1. The van der Waals surface area contributed by atoms with Crippen LogP contribution in [0.1, 0.15) is 11.1 Å². The highest BCUT2D eigenvalue weighted by Crippen LogP contribution is 2.45. The molecule has 0 aliphatic carbocycles. The first-order chi connectivity index (χ1) is 15.3. The first-order valence-electron chi connectivity index (χ1n) is 9.71. The Kier molecular flexibility index (Phi) is 6.26. The summed E-state index contributed by atoms with van der Waals surface area (Å²) in [5, 5.41) is 3.50. The van der Waals surface area contributed by atoms with Crippen molar-refractivity contribution >= 4 is 35.0 Å². The number of hydrogen-bond acceptors (Lipinski definition) is 6. The van der Waals surface area contributed by atoms with E-state index in [0.717, 1.165) is 5.56 Å². The number of aryl methyl sites for hydroxylation is 1. The molecule has 32 heavy (non-hydrogen) atoms. The molecule has 0 aliphatic rings. The van der Waals surface area contributed by atoms with E-state index in [2.05, 4.69) is 15.3 Å². The maximum absolute atomic E-state index is 14.2. The number of halogens is 1. The maximum Gasteiger partial charge on any atom is 0.347 e. The Bertz CT molecular complexity index is 1310. The van der Waals surface area contributed by atoms with Crippen molar-refractivity contribution in [1.29, 1.82) is 0 Å². The Morgan fingerprint density at radius 3 is 2.62 bits per heavy atom. The van der Waals surface area contributed by atoms with E-state index < -0.39 is 13.4 Å². The van der Waals surface area contributed by atoms with Crippen LogP contribution in [0, 0.1) is 12.7 Å². The van der Waals surface area contributed by atoms with Crippen LogP contribution in [0.25, 0.3) is 20.7 Å². The lowest BCUT2D eigenvalue weighted by Gasteiger charge is -2.20. The Morgan fingerprint density at radius 1 is 1.19 bits per heavy atom. The van der Waals surface area contributed by atoms with E-state index in [-0.39, 0.29) is 12.2 Å². The first-order valence-corrected chi connectivity index (χ1v) is 12.2. The molecule has 0 aliphatic heterocycles. The summed E-state index contributed by atoms with van der Waals surface area (Å²) < 4.78 is 31.9. The fourth-order valence-electron chi connectivity index (χ4n) is 3.37. The van der Waals surface area contributed by atoms with Crippen LogP contribution >= 0.6 is 18.9 Å². The number of ether oxygens (including phenoxy) is 1. The molecule has 0 saturated carbocycles. The van der Waals surface area contributed by atoms with Crippen LogP contribution in [0.2, 0.25) is 0 Å². The molecular weight excluding hydrogens is 452 g/mol. The van der Waals surface area contributed by atoms with Gasteiger partial charge in [-0.3, -0.25) is 4.57 Å². The van der Waals surface area contributed by atoms with E-state index in [4.69, 9.17) is 4.74 Å². The van der Waals surface area contributed by atoms with Crippen LogP contribution in [0.15, 0.2) is 54.9 Å². The summed E-state index contributed by atoms with van der Waals surface area (Å²) in [6, 6.07) is 13.9. The summed E-state index contributed by atoms with van der Waals surface area (Å²) in [5.41, 5.74) is 1.82. The Morgan fingerprint density at radius 2 is 1.94 bits per heavy atom. The van der Waals surface area contributed by atoms with Gasteiger partial charge in [0.25, 0.3) is 0 Å². The van der Waals surface area contributed by atoms with E-state index in [9.17, 15) is 18.7 Å². The smallest absolute Gasteiger partial charge is 0.347 e.